The molecule has 3 heterocycles. The van der Waals surface area contributed by atoms with Gasteiger partial charge >= 0.3 is 6.03 Å². The first-order chi connectivity index (χ1) is 15.7. The topological polar surface area (TPSA) is 79.8 Å². The number of nitrogens with zero attached hydrogens (tertiary/aromatic N) is 4. The number of benzene rings is 2. The van der Waals surface area contributed by atoms with E-state index in [2.05, 4.69) is 51.4 Å². The Morgan fingerprint density at radius 1 is 0.906 bits per heavy atom. The van der Waals surface area contributed by atoms with Crippen molar-refractivity contribution in [1.82, 2.24) is 14.9 Å². The summed E-state index contributed by atoms with van der Waals surface area (Å²) in [6.45, 7) is 5.76. The van der Waals surface area contributed by atoms with Crippen LogP contribution in [0.5, 0.6) is 11.5 Å². The number of ether oxygens (including phenoxy) is 2. The molecule has 2 aromatic carbocycles. The number of aromatic nitrogens is 2. The van der Waals surface area contributed by atoms with Gasteiger partial charge in [-0.3, -0.25) is 0 Å². The first-order valence-electron chi connectivity index (χ1n) is 10.8. The summed E-state index contributed by atoms with van der Waals surface area (Å²) in [5, 5.41) is 2.96. The summed E-state index contributed by atoms with van der Waals surface area (Å²) in [6.07, 6.45) is 1.60. The molecule has 3 aromatic rings. The summed E-state index contributed by atoms with van der Waals surface area (Å²) >= 11 is 0. The van der Waals surface area contributed by atoms with Gasteiger partial charge in [0.25, 0.3) is 0 Å². The maximum atomic E-state index is 12.7. The van der Waals surface area contributed by atoms with Crippen LogP contribution in [0.25, 0.3) is 11.3 Å². The maximum Gasteiger partial charge on any atom is 0.321 e. The third-order valence-corrected chi connectivity index (χ3v) is 5.68. The maximum absolute atomic E-state index is 12.7. The van der Waals surface area contributed by atoms with Crippen LogP contribution in [0.15, 0.2) is 54.9 Å². The number of rotatable bonds is 3. The lowest BCUT2D eigenvalue weighted by molar-refractivity contribution is 0.171. The van der Waals surface area contributed by atoms with E-state index in [1.54, 1.807) is 12.4 Å². The Balaban J connectivity index is 1.20. The van der Waals surface area contributed by atoms with Crippen LogP contribution in [0.3, 0.4) is 0 Å². The molecule has 164 valence electrons. The van der Waals surface area contributed by atoms with Crippen molar-refractivity contribution in [2.75, 3.05) is 49.6 Å². The Bertz CT molecular complexity index is 1110. The van der Waals surface area contributed by atoms with E-state index in [0.717, 1.165) is 17.1 Å². The highest BCUT2D eigenvalue weighted by atomic mass is 16.6. The van der Waals surface area contributed by atoms with E-state index in [-0.39, 0.29) is 6.03 Å². The molecule has 0 atom stereocenters. The Morgan fingerprint density at radius 3 is 2.44 bits per heavy atom. The fraction of sp³-hybridized carbons (Fsp3) is 0.292. The molecule has 2 aliphatic rings. The zero-order chi connectivity index (χ0) is 21.9. The van der Waals surface area contributed by atoms with Crippen LogP contribution in [0, 0.1) is 6.92 Å². The van der Waals surface area contributed by atoms with Crippen LogP contribution in [0.2, 0.25) is 0 Å². The van der Waals surface area contributed by atoms with Gasteiger partial charge in [-0.25, -0.2) is 14.8 Å². The summed E-state index contributed by atoms with van der Waals surface area (Å²) in [5.41, 5.74) is 3.87. The van der Waals surface area contributed by atoms with Crippen molar-refractivity contribution in [3.05, 3.63) is 60.4 Å². The summed E-state index contributed by atoms with van der Waals surface area (Å²) in [6, 6.07) is 15.6. The largest absolute Gasteiger partial charge is 0.486 e. The highest BCUT2D eigenvalue weighted by Crippen LogP contribution is 2.32. The van der Waals surface area contributed by atoms with Crippen LogP contribution >= 0.6 is 0 Å². The van der Waals surface area contributed by atoms with Crippen LogP contribution in [-0.2, 0) is 0 Å². The lowest BCUT2D eigenvalue weighted by atomic mass is 10.1. The molecule has 0 radical (unpaired) electrons. The van der Waals surface area contributed by atoms with E-state index < -0.39 is 0 Å². The number of piperazine rings is 1. The fourth-order valence-corrected chi connectivity index (χ4v) is 3.86. The molecule has 8 heteroatoms. The second-order valence-corrected chi connectivity index (χ2v) is 7.89. The van der Waals surface area contributed by atoms with Gasteiger partial charge in [-0.15, -0.1) is 0 Å². The van der Waals surface area contributed by atoms with Gasteiger partial charge in [0.15, 0.2) is 11.5 Å². The number of carbonyl (C=O) groups excluding carboxylic acids is 1. The van der Waals surface area contributed by atoms with E-state index in [9.17, 15) is 4.79 Å². The second-order valence-electron chi connectivity index (χ2n) is 7.89. The van der Waals surface area contributed by atoms with Crippen LogP contribution in [-0.4, -0.2) is 60.3 Å². The summed E-state index contributed by atoms with van der Waals surface area (Å²) < 4.78 is 11.1. The van der Waals surface area contributed by atoms with E-state index in [0.29, 0.717) is 56.6 Å². The summed E-state index contributed by atoms with van der Waals surface area (Å²) in [7, 11) is 0. The zero-order valence-corrected chi connectivity index (χ0v) is 18.0. The smallest absolute Gasteiger partial charge is 0.321 e. The van der Waals surface area contributed by atoms with E-state index in [1.807, 2.05) is 23.1 Å². The summed E-state index contributed by atoms with van der Waals surface area (Å²) in [5.74, 6) is 2.24. The van der Waals surface area contributed by atoms with Gasteiger partial charge in [0.2, 0.25) is 0 Å². The number of carbonyl (C=O) groups is 1. The number of nitrogens with one attached hydrogen (secondary N) is 1. The number of hydrogen-bond acceptors (Lipinski definition) is 6. The molecular formula is C24H25N5O3. The molecule has 1 saturated heterocycles. The molecule has 32 heavy (non-hydrogen) atoms. The highest BCUT2D eigenvalue weighted by Gasteiger charge is 2.23. The van der Waals surface area contributed by atoms with Crippen molar-refractivity contribution in [3.8, 4) is 22.8 Å². The fourth-order valence-electron chi connectivity index (χ4n) is 3.86. The Hall–Kier alpha value is -3.81. The van der Waals surface area contributed by atoms with Crippen molar-refractivity contribution in [2.24, 2.45) is 0 Å². The highest BCUT2D eigenvalue weighted by molar-refractivity contribution is 5.90. The lowest BCUT2D eigenvalue weighted by Gasteiger charge is -2.35. The number of urea groups is 1. The van der Waals surface area contributed by atoms with Crippen molar-refractivity contribution in [1.29, 1.82) is 0 Å². The van der Waals surface area contributed by atoms with E-state index in [1.165, 1.54) is 5.56 Å². The van der Waals surface area contributed by atoms with E-state index in [4.69, 9.17) is 9.47 Å². The van der Waals surface area contributed by atoms with Gasteiger partial charge in [-0.2, -0.15) is 0 Å². The van der Waals surface area contributed by atoms with Crippen molar-refractivity contribution in [2.45, 2.75) is 6.92 Å². The molecule has 1 N–H and O–H groups in total. The third-order valence-electron chi connectivity index (χ3n) is 5.68. The second kappa shape index (κ2) is 8.74. The Morgan fingerprint density at radius 2 is 1.66 bits per heavy atom. The number of amides is 2. The SMILES string of the molecule is Cc1ccc(-c2cc(N3CCN(C(=O)Nc4ccc5c(c4)OCCO5)CC3)ncn2)cc1. The van der Waals surface area contributed by atoms with Crippen molar-refractivity contribution >= 4 is 17.5 Å². The molecule has 5 rings (SSSR count). The monoisotopic (exact) mass is 431 g/mol. The average molecular weight is 431 g/mol. The quantitative estimate of drug-likeness (QED) is 0.683. The third kappa shape index (κ3) is 4.30. The van der Waals surface area contributed by atoms with Crippen molar-refractivity contribution < 1.29 is 14.3 Å². The zero-order valence-electron chi connectivity index (χ0n) is 18.0. The molecule has 8 nitrogen and oxygen atoms in total. The standard InChI is InChI=1S/C24H25N5O3/c1-17-2-4-18(5-3-17)20-15-23(26-16-25-20)28-8-10-29(11-9-28)24(30)27-19-6-7-21-22(14-19)32-13-12-31-21/h2-7,14-16H,8-13H2,1H3,(H,27,30). The molecule has 0 bridgehead atoms. The predicted molar refractivity (Wildman–Crippen MR) is 122 cm³/mol. The van der Waals surface area contributed by atoms with Gasteiger partial charge in [-0.05, 0) is 19.1 Å². The van der Waals surface area contributed by atoms with Gasteiger partial charge < -0.3 is 24.6 Å². The molecule has 0 aliphatic carbocycles. The number of hydrogen-bond donors (Lipinski definition) is 1. The first-order valence-corrected chi connectivity index (χ1v) is 10.8. The first kappa shape index (κ1) is 20.1. The Labute approximate surface area is 186 Å². The van der Waals surface area contributed by atoms with Gasteiger partial charge in [-0.1, -0.05) is 29.8 Å². The number of fused-ring (bicyclic) bond motifs is 1. The van der Waals surface area contributed by atoms with Crippen LogP contribution in [0.4, 0.5) is 16.3 Å². The summed E-state index contributed by atoms with van der Waals surface area (Å²) in [4.78, 5) is 25.6. The minimum Gasteiger partial charge on any atom is -0.486 e. The predicted octanol–water partition coefficient (Wildman–Crippen LogP) is 3.58. The van der Waals surface area contributed by atoms with Gasteiger partial charge in [0, 0.05) is 49.6 Å². The molecule has 2 aliphatic heterocycles. The molecule has 0 unspecified atom stereocenters. The van der Waals surface area contributed by atoms with Gasteiger partial charge in [0.05, 0.1) is 5.69 Å². The molecule has 2 amide bonds. The van der Waals surface area contributed by atoms with Crippen LogP contribution < -0.4 is 19.7 Å². The molecule has 1 aromatic heterocycles. The lowest BCUT2D eigenvalue weighted by Crippen LogP contribution is -2.50. The minimum atomic E-state index is -0.121. The molecule has 0 saturated carbocycles. The molecule has 0 spiro atoms. The Kier molecular flexibility index (Phi) is 5.49. The number of anilines is 2. The van der Waals surface area contributed by atoms with Crippen molar-refractivity contribution in [3.63, 3.8) is 0 Å². The van der Waals surface area contributed by atoms with Crippen LogP contribution in [0.1, 0.15) is 5.56 Å². The molecule has 1 fully saturated rings. The minimum absolute atomic E-state index is 0.121. The average Bonchev–Trinajstić information content (AvgIpc) is 2.84. The number of aryl methyl sites for hydroxylation is 1. The normalized spacial score (nSPS) is 15.4. The van der Waals surface area contributed by atoms with Gasteiger partial charge in [0.1, 0.15) is 25.4 Å². The molecular weight excluding hydrogens is 406 g/mol. The van der Waals surface area contributed by atoms with E-state index >= 15 is 0 Å².